The Morgan fingerprint density at radius 3 is 1.94 bits per heavy atom. The predicted octanol–water partition coefficient (Wildman–Crippen LogP) is 3.65. The van der Waals surface area contributed by atoms with Crippen LogP contribution in [-0.2, 0) is 0 Å². The highest BCUT2D eigenvalue weighted by Gasteiger charge is 2.35. The molecule has 0 aromatic rings. The molecular formula is C15H34N2. The van der Waals surface area contributed by atoms with Gasteiger partial charge in [0.15, 0.2) is 0 Å². The summed E-state index contributed by atoms with van der Waals surface area (Å²) in [6.45, 7) is 17.9. The first-order chi connectivity index (χ1) is 7.62. The minimum Gasteiger partial charge on any atom is -0.325 e. The van der Waals surface area contributed by atoms with Crippen LogP contribution in [0.4, 0.5) is 0 Å². The first-order valence-corrected chi connectivity index (χ1v) is 7.14. The third kappa shape index (κ3) is 5.87. The predicted molar refractivity (Wildman–Crippen MR) is 78.3 cm³/mol. The Kier molecular flexibility index (Phi) is 6.71. The summed E-state index contributed by atoms with van der Waals surface area (Å²) in [7, 11) is 0. The molecule has 2 N–H and O–H groups in total. The second-order valence-corrected chi connectivity index (χ2v) is 6.88. The fraction of sp³-hybridized carbons (Fsp3) is 1.00. The summed E-state index contributed by atoms with van der Waals surface area (Å²) in [5, 5.41) is 0. The fourth-order valence-corrected chi connectivity index (χ4v) is 1.80. The molecule has 0 heterocycles. The van der Waals surface area contributed by atoms with Crippen molar-refractivity contribution in [2.45, 2.75) is 79.3 Å². The highest BCUT2D eigenvalue weighted by atomic mass is 15.2. The molecule has 2 nitrogen and oxygen atoms in total. The number of rotatable bonds is 8. The number of nitrogens with two attached hydrogens (primary N) is 1. The molecule has 0 spiro atoms. The van der Waals surface area contributed by atoms with E-state index in [-0.39, 0.29) is 11.0 Å². The quantitative estimate of drug-likeness (QED) is 0.658. The smallest absolute Gasteiger partial charge is 0.0161 e. The molecule has 0 saturated carbocycles. The Bertz CT molecular complexity index is 201. The van der Waals surface area contributed by atoms with Gasteiger partial charge >= 0.3 is 0 Å². The molecule has 0 aliphatic rings. The molecule has 0 rings (SSSR count). The van der Waals surface area contributed by atoms with Crippen molar-refractivity contribution in [3.8, 4) is 0 Å². The van der Waals surface area contributed by atoms with E-state index in [0.717, 1.165) is 6.54 Å². The largest absolute Gasteiger partial charge is 0.325 e. The van der Waals surface area contributed by atoms with E-state index in [4.69, 9.17) is 5.73 Å². The second kappa shape index (κ2) is 6.75. The van der Waals surface area contributed by atoms with Gasteiger partial charge in [0.1, 0.15) is 0 Å². The van der Waals surface area contributed by atoms with Gasteiger partial charge in [0.05, 0.1) is 0 Å². The maximum absolute atomic E-state index is 6.29. The fourth-order valence-electron chi connectivity index (χ4n) is 1.80. The SMILES string of the molecule is CCCCCN(CC(C)(C)C(C)(C)N)C(C)C. The molecular weight excluding hydrogens is 208 g/mol. The molecule has 0 radical (unpaired) electrons. The lowest BCUT2D eigenvalue weighted by Crippen LogP contribution is -2.54. The summed E-state index contributed by atoms with van der Waals surface area (Å²) < 4.78 is 0. The maximum Gasteiger partial charge on any atom is 0.0161 e. The minimum absolute atomic E-state index is 0.134. The molecule has 104 valence electrons. The maximum atomic E-state index is 6.29. The van der Waals surface area contributed by atoms with E-state index in [0.29, 0.717) is 6.04 Å². The molecule has 0 bridgehead atoms. The lowest BCUT2D eigenvalue weighted by molar-refractivity contribution is 0.0912. The van der Waals surface area contributed by atoms with Gasteiger partial charge in [-0.3, -0.25) is 0 Å². The van der Waals surface area contributed by atoms with Crippen molar-refractivity contribution in [2.75, 3.05) is 13.1 Å². The van der Waals surface area contributed by atoms with Crippen LogP contribution in [-0.4, -0.2) is 29.6 Å². The van der Waals surface area contributed by atoms with Crippen molar-refractivity contribution in [3.63, 3.8) is 0 Å². The van der Waals surface area contributed by atoms with Crippen molar-refractivity contribution < 1.29 is 0 Å². The topological polar surface area (TPSA) is 29.3 Å². The zero-order valence-electron chi connectivity index (χ0n) is 13.1. The molecule has 0 fully saturated rings. The van der Waals surface area contributed by atoms with Gasteiger partial charge in [-0.15, -0.1) is 0 Å². The van der Waals surface area contributed by atoms with Crippen LogP contribution in [0.1, 0.15) is 67.7 Å². The molecule has 17 heavy (non-hydrogen) atoms. The van der Waals surface area contributed by atoms with E-state index in [2.05, 4.69) is 53.4 Å². The first-order valence-electron chi connectivity index (χ1n) is 7.14. The average Bonchev–Trinajstić information content (AvgIpc) is 2.14. The third-order valence-electron chi connectivity index (χ3n) is 4.12. The van der Waals surface area contributed by atoms with E-state index >= 15 is 0 Å². The first kappa shape index (κ1) is 16.9. The van der Waals surface area contributed by atoms with Crippen LogP contribution in [0.2, 0.25) is 0 Å². The van der Waals surface area contributed by atoms with Crippen LogP contribution in [0.15, 0.2) is 0 Å². The van der Waals surface area contributed by atoms with E-state index in [1.165, 1.54) is 25.8 Å². The molecule has 0 aromatic carbocycles. The molecule has 0 saturated heterocycles. The minimum atomic E-state index is -0.134. The van der Waals surface area contributed by atoms with Gasteiger partial charge < -0.3 is 10.6 Å². The zero-order chi connectivity index (χ0) is 13.7. The van der Waals surface area contributed by atoms with Crippen LogP contribution >= 0.6 is 0 Å². The van der Waals surface area contributed by atoms with Gasteiger partial charge in [-0.05, 0) is 46.1 Å². The van der Waals surface area contributed by atoms with Gasteiger partial charge in [0, 0.05) is 18.1 Å². The van der Waals surface area contributed by atoms with Crippen molar-refractivity contribution in [3.05, 3.63) is 0 Å². The summed E-state index contributed by atoms with van der Waals surface area (Å²) in [5.41, 5.74) is 6.30. The lowest BCUT2D eigenvalue weighted by atomic mass is 9.74. The summed E-state index contributed by atoms with van der Waals surface area (Å²) in [5.74, 6) is 0. The Labute approximate surface area is 109 Å². The standard InChI is InChI=1S/C15H34N2/c1-8-9-10-11-17(13(2)3)12-14(4,5)15(6,7)16/h13H,8-12,16H2,1-7H3. The summed E-state index contributed by atoms with van der Waals surface area (Å²) in [6, 6.07) is 0.605. The van der Waals surface area contributed by atoms with E-state index < -0.39 is 0 Å². The van der Waals surface area contributed by atoms with Crippen LogP contribution in [0.5, 0.6) is 0 Å². The summed E-state index contributed by atoms with van der Waals surface area (Å²) in [6.07, 6.45) is 3.92. The van der Waals surface area contributed by atoms with Crippen molar-refractivity contribution in [2.24, 2.45) is 11.1 Å². The van der Waals surface area contributed by atoms with Gasteiger partial charge in [-0.2, -0.15) is 0 Å². The van der Waals surface area contributed by atoms with E-state index in [1.807, 2.05) is 0 Å². The van der Waals surface area contributed by atoms with Crippen molar-refractivity contribution in [1.82, 2.24) is 4.90 Å². The second-order valence-electron chi connectivity index (χ2n) is 6.88. The monoisotopic (exact) mass is 242 g/mol. The van der Waals surface area contributed by atoms with Crippen LogP contribution in [0, 0.1) is 5.41 Å². The summed E-state index contributed by atoms with van der Waals surface area (Å²) >= 11 is 0. The number of nitrogens with zero attached hydrogens (tertiary/aromatic N) is 1. The van der Waals surface area contributed by atoms with Crippen molar-refractivity contribution >= 4 is 0 Å². The van der Waals surface area contributed by atoms with Crippen LogP contribution < -0.4 is 5.73 Å². The summed E-state index contributed by atoms with van der Waals surface area (Å²) in [4.78, 5) is 2.57. The molecule has 0 unspecified atom stereocenters. The van der Waals surface area contributed by atoms with Crippen LogP contribution in [0.3, 0.4) is 0 Å². The van der Waals surface area contributed by atoms with E-state index in [9.17, 15) is 0 Å². The highest BCUT2D eigenvalue weighted by Crippen LogP contribution is 2.30. The Hall–Kier alpha value is -0.0800. The zero-order valence-corrected chi connectivity index (χ0v) is 13.1. The number of hydrogen-bond acceptors (Lipinski definition) is 2. The van der Waals surface area contributed by atoms with E-state index in [1.54, 1.807) is 0 Å². The Morgan fingerprint density at radius 1 is 1.06 bits per heavy atom. The van der Waals surface area contributed by atoms with Gasteiger partial charge in [0.25, 0.3) is 0 Å². The molecule has 2 heteroatoms. The normalized spacial score (nSPS) is 13.8. The Morgan fingerprint density at radius 2 is 1.59 bits per heavy atom. The van der Waals surface area contributed by atoms with Gasteiger partial charge in [-0.25, -0.2) is 0 Å². The molecule has 0 aliphatic heterocycles. The molecule has 0 aliphatic carbocycles. The molecule has 0 atom stereocenters. The Balaban J connectivity index is 4.44. The van der Waals surface area contributed by atoms with Crippen molar-refractivity contribution in [1.29, 1.82) is 0 Å². The number of hydrogen-bond donors (Lipinski definition) is 1. The number of unbranched alkanes of at least 4 members (excludes halogenated alkanes) is 2. The molecule has 0 aromatic heterocycles. The average molecular weight is 242 g/mol. The third-order valence-corrected chi connectivity index (χ3v) is 4.12. The van der Waals surface area contributed by atoms with Gasteiger partial charge in [0.2, 0.25) is 0 Å². The highest BCUT2D eigenvalue weighted by molar-refractivity contribution is 4.92. The molecule has 0 amide bonds. The van der Waals surface area contributed by atoms with Gasteiger partial charge in [-0.1, -0.05) is 33.6 Å². The lowest BCUT2D eigenvalue weighted by Gasteiger charge is -2.43. The van der Waals surface area contributed by atoms with Crippen LogP contribution in [0.25, 0.3) is 0 Å².